The second-order valence-corrected chi connectivity index (χ2v) is 5.97. The summed E-state index contributed by atoms with van der Waals surface area (Å²) in [5.74, 6) is 0.594. The molecule has 0 bridgehead atoms. The van der Waals surface area contributed by atoms with Crippen LogP contribution in [0.1, 0.15) is 15.9 Å². The number of halogens is 1. The lowest BCUT2D eigenvalue weighted by Gasteiger charge is -2.09. The molecule has 4 rings (SSSR count). The molecule has 6 nitrogen and oxygen atoms in total. The zero-order valence-corrected chi connectivity index (χ0v) is 14.1. The molecule has 3 aromatic rings. The van der Waals surface area contributed by atoms with Crippen molar-refractivity contribution in [2.45, 2.75) is 6.54 Å². The van der Waals surface area contributed by atoms with Gasteiger partial charge in [-0.05, 0) is 48.0 Å². The summed E-state index contributed by atoms with van der Waals surface area (Å²) in [7, 11) is 0. The molecule has 1 aliphatic rings. The van der Waals surface area contributed by atoms with Crippen LogP contribution in [0.3, 0.4) is 0 Å². The maximum absolute atomic E-state index is 13.1. The predicted octanol–water partition coefficient (Wildman–Crippen LogP) is 2.64. The Balaban J connectivity index is 1.51. The van der Waals surface area contributed by atoms with E-state index < -0.39 is 5.82 Å². The van der Waals surface area contributed by atoms with E-state index in [2.05, 4.69) is 5.32 Å². The fourth-order valence-corrected chi connectivity index (χ4v) is 2.76. The molecule has 27 heavy (non-hydrogen) atoms. The van der Waals surface area contributed by atoms with E-state index in [0.717, 1.165) is 5.56 Å². The summed E-state index contributed by atoms with van der Waals surface area (Å²) < 4.78 is 25.0. The minimum atomic E-state index is -0.399. The van der Waals surface area contributed by atoms with Crippen molar-refractivity contribution >= 4 is 5.91 Å². The quantitative estimate of drug-likeness (QED) is 0.771. The van der Waals surface area contributed by atoms with Gasteiger partial charge in [0.2, 0.25) is 6.79 Å². The van der Waals surface area contributed by atoms with E-state index in [1.165, 1.54) is 47.2 Å². The molecular weight excluding hydrogens is 351 g/mol. The van der Waals surface area contributed by atoms with E-state index in [9.17, 15) is 14.0 Å². The first-order chi connectivity index (χ1) is 13.1. The fourth-order valence-electron chi connectivity index (χ4n) is 2.76. The second-order valence-electron chi connectivity index (χ2n) is 5.97. The molecule has 0 saturated heterocycles. The molecule has 1 aliphatic heterocycles. The summed E-state index contributed by atoms with van der Waals surface area (Å²) in [4.78, 5) is 24.5. The molecule has 0 spiro atoms. The number of ether oxygens (including phenoxy) is 2. The number of carbonyl (C=O) groups is 1. The molecular formula is C20H15FN2O4. The molecule has 2 aromatic carbocycles. The molecule has 7 heteroatoms. The molecule has 1 amide bonds. The van der Waals surface area contributed by atoms with Crippen LogP contribution < -0.4 is 20.3 Å². The van der Waals surface area contributed by atoms with E-state index >= 15 is 0 Å². The standard InChI is InChI=1S/C20H15FN2O4/c21-15-3-5-16(6-4-15)23-11-14(2-8-19(23)24)20(25)22-10-13-1-7-17-18(9-13)27-12-26-17/h1-9,11H,10,12H2,(H,22,25). The summed E-state index contributed by atoms with van der Waals surface area (Å²) in [6.45, 7) is 0.487. The maximum atomic E-state index is 13.1. The number of hydrogen-bond acceptors (Lipinski definition) is 4. The Morgan fingerprint density at radius 2 is 1.81 bits per heavy atom. The first-order valence-corrected chi connectivity index (χ1v) is 8.25. The third-order valence-corrected chi connectivity index (χ3v) is 4.17. The van der Waals surface area contributed by atoms with Crippen molar-refractivity contribution in [3.05, 3.63) is 88.1 Å². The van der Waals surface area contributed by atoms with Crippen LogP contribution >= 0.6 is 0 Å². The van der Waals surface area contributed by atoms with Crippen molar-refractivity contribution in [1.82, 2.24) is 9.88 Å². The molecule has 136 valence electrons. The molecule has 2 heterocycles. The first-order valence-electron chi connectivity index (χ1n) is 8.25. The highest BCUT2D eigenvalue weighted by atomic mass is 19.1. The monoisotopic (exact) mass is 366 g/mol. The number of pyridine rings is 1. The van der Waals surface area contributed by atoms with Crippen LogP contribution in [0.25, 0.3) is 5.69 Å². The van der Waals surface area contributed by atoms with Gasteiger partial charge in [-0.1, -0.05) is 6.07 Å². The molecule has 0 aliphatic carbocycles. The lowest BCUT2D eigenvalue weighted by molar-refractivity contribution is 0.0950. The Kier molecular flexibility index (Phi) is 4.33. The van der Waals surface area contributed by atoms with Crippen LogP contribution in [-0.2, 0) is 6.54 Å². The average molecular weight is 366 g/mol. The zero-order chi connectivity index (χ0) is 18.8. The van der Waals surface area contributed by atoms with E-state index in [1.807, 2.05) is 12.1 Å². The van der Waals surface area contributed by atoms with Gasteiger partial charge in [-0.2, -0.15) is 0 Å². The number of nitrogens with zero attached hydrogens (tertiary/aromatic N) is 1. The second kappa shape index (κ2) is 6.95. The summed E-state index contributed by atoms with van der Waals surface area (Å²) in [5, 5.41) is 2.80. The molecule has 0 saturated carbocycles. The minimum absolute atomic E-state index is 0.191. The molecule has 0 unspecified atom stereocenters. The largest absolute Gasteiger partial charge is 0.454 e. The molecule has 0 radical (unpaired) electrons. The highest BCUT2D eigenvalue weighted by Crippen LogP contribution is 2.32. The highest BCUT2D eigenvalue weighted by molar-refractivity contribution is 5.93. The first kappa shape index (κ1) is 16.8. The van der Waals surface area contributed by atoms with Gasteiger partial charge in [-0.25, -0.2) is 4.39 Å². The van der Waals surface area contributed by atoms with Crippen LogP contribution in [-0.4, -0.2) is 17.3 Å². The van der Waals surface area contributed by atoms with E-state index in [-0.39, 0.29) is 18.3 Å². The fraction of sp³-hybridized carbons (Fsp3) is 0.100. The predicted molar refractivity (Wildman–Crippen MR) is 95.7 cm³/mol. The van der Waals surface area contributed by atoms with Crippen molar-refractivity contribution in [1.29, 1.82) is 0 Å². The smallest absolute Gasteiger partial charge is 0.255 e. The topological polar surface area (TPSA) is 69.6 Å². The number of nitrogens with one attached hydrogen (secondary N) is 1. The van der Waals surface area contributed by atoms with Crippen molar-refractivity contribution in [2.24, 2.45) is 0 Å². The number of benzene rings is 2. The number of rotatable bonds is 4. The normalized spacial score (nSPS) is 12.0. The van der Waals surface area contributed by atoms with Gasteiger partial charge in [0.1, 0.15) is 5.82 Å². The van der Waals surface area contributed by atoms with Gasteiger partial charge in [0.15, 0.2) is 11.5 Å². The maximum Gasteiger partial charge on any atom is 0.255 e. The van der Waals surface area contributed by atoms with Gasteiger partial charge in [0, 0.05) is 24.5 Å². The van der Waals surface area contributed by atoms with Crippen LogP contribution in [0.4, 0.5) is 4.39 Å². The van der Waals surface area contributed by atoms with Crippen LogP contribution in [0.2, 0.25) is 0 Å². The van der Waals surface area contributed by atoms with Gasteiger partial charge in [0.25, 0.3) is 11.5 Å². The Labute approximate surface area is 153 Å². The van der Waals surface area contributed by atoms with Crippen LogP contribution in [0.5, 0.6) is 11.5 Å². The summed E-state index contributed by atoms with van der Waals surface area (Å²) in [6, 6.07) is 13.7. The van der Waals surface area contributed by atoms with Crippen molar-refractivity contribution < 1.29 is 18.7 Å². The average Bonchev–Trinajstić information content (AvgIpc) is 3.15. The van der Waals surface area contributed by atoms with Crippen molar-refractivity contribution in [3.8, 4) is 17.2 Å². The van der Waals surface area contributed by atoms with E-state index in [0.29, 0.717) is 29.3 Å². The third-order valence-electron chi connectivity index (χ3n) is 4.17. The lowest BCUT2D eigenvalue weighted by atomic mass is 10.2. The van der Waals surface area contributed by atoms with Gasteiger partial charge in [-0.3, -0.25) is 14.2 Å². The summed E-state index contributed by atoms with van der Waals surface area (Å²) in [6.07, 6.45) is 1.44. The van der Waals surface area contributed by atoms with Gasteiger partial charge in [-0.15, -0.1) is 0 Å². The van der Waals surface area contributed by atoms with Crippen LogP contribution in [0.15, 0.2) is 65.6 Å². The molecule has 1 aromatic heterocycles. The minimum Gasteiger partial charge on any atom is -0.454 e. The summed E-state index contributed by atoms with van der Waals surface area (Å²) in [5.41, 5.74) is 1.35. The van der Waals surface area contributed by atoms with E-state index in [4.69, 9.17) is 9.47 Å². The number of amides is 1. The Hall–Kier alpha value is -3.61. The van der Waals surface area contributed by atoms with Gasteiger partial charge >= 0.3 is 0 Å². The van der Waals surface area contributed by atoms with Crippen LogP contribution in [0, 0.1) is 5.82 Å². The van der Waals surface area contributed by atoms with Crippen molar-refractivity contribution in [2.75, 3.05) is 6.79 Å². The van der Waals surface area contributed by atoms with Crippen molar-refractivity contribution in [3.63, 3.8) is 0 Å². The number of aromatic nitrogens is 1. The van der Waals surface area contributed by atoms with Gasteiger partial charge in [0.05, 0.1) is 5.56 Å². The number of carbonyl (C=O) groups excluding carboxylic acids is 1. The zero-order valence-electron chi connectivity index (χ0n) is 14.1. The molecule has 0 fully saturated rings. The summed E-state index contributed by atoms with van der Waals surface area (Å²) >= 11 is 0. The van der Waals surface area contributed by atoms with Gasteiger partial charge < -0.3 is 14.8 Å². The lowest BCUT2D eigenvalue weighted by Crippen LogP contribution is -2.25. The SMILES string of the molecule is O=C(NCc1ccc2c(c1)OCO2)c1ccc(=O)n(-c2ccc(F)cc2)c1. The number of hydrogen-bond donors (Lipinski definition) is 1. The Morgan fingerprint density at radius 3 is 2.63 bits per heavy atom. The highest BCUT2D eigenvalue weighted by Gasteiger charge is 2.14. The third kappa shape index (κ3) is 3.52. The Bertz CT molecular complexity index is 1060. The molecule has 0 atom stereocenters. The Morgan fingerprint density at radius 1 is 1.04 bits per heavy atom. The number of fused-ring (bicyclic) bond motifs is 1. The molecule has 1 N–H and O–H groups in total. The van der Waals surface area contributed by atoms with E-state index in [1.54, 1.807) is 6.07 Å².